The maximum atomic E-state index is 12.4. The zero-order valence-corrected chi connectivity index (χ0v) is 21.9. The lowest BCUT2D eigenvalue weighted by Gasteiger charge is -2.37. The predicted molar refractivity (Wildman–Crippen MR) is 143 cm³/mol. The van der Waals surface area contributed by atoms with Crippen LogP contribution in [0.25, 0.3) is 21.5 Å². The van der Waals surface area contributed by atoms with Gasteiger partial charge in [0.25, 0.3) is 5.56 Å². The van der Waals surface area contributed by atoms with Crippen LogP contribution in [0, 0.1) is 18.3 Å². The number of hydrogen-bond acceptors (Lipinski definition) is 7. The fraction of sp³-hybridized carbons (Fsp3) is 0.333. The highest BCUT2D eigenvalue weighted by Gasteiger charge is 2.29. The van der Waals surface area contributed by atoms with Crippen molar-refractivity contribution in [1.29, 1.82) is 5.26 Å². The van der Waals surface area contributed by atoms with Crippen molar-refractivity contribution in [1.82, 2.24) is 19.9 Å². The Balaban J connectivity index is 1.57. The molecule has 5 rings (SSSR count). The molecule has 0 bridgehead atoms. The minimum Gasteiger partial charge on any atom is -0.369 e. The molecule has 0 aliphatic carbocycles. The predicted octanol–water partition coefficient (Wildman–Crippen LogP) is 4.71. The van der Waals surface area contributed by atoms with E-state index in [9.17, 15) is 10.1 Å². The van der Waals surface area contributed by atoms with Crippen molar-refractivity contribution in [2.24, 2.45) is 0 Å². The van der Waals surface area contributed by atoms with Gasteiger partial charge >= 0.3 is 0 Å². The first kappa shape index (κ1) is 24.6. The molecule has 1 N–H and O–H groups in total. The molecular formula is C27H26ClN5O2S. The number of benzene rings is 1. The van der Waals surface area contributed by atoms with E-state index in [-0.39, 0.29) is 17.3 Å². The fourth-order valence-corrected chi connectivity index (χ4v) is 6.15. The number of ether oxygens (including phenoxy) is 1. The Bertz CT molecular complexity index is 1550. The maximum Gasteiger partial charge on any atom is 0.251 e. The van der Waals surface area contributed by atoms with E-state index < -0.39 is 0 Å². The number of nitrogens with one attached hydrogen (secondary N) is 1. The van der Waals surface area contributed by atoms with E-state index in [0.717, 1.165) is 57.0 Å². The van der Waals surface area contributed by atoms with Crippen molar-refractivity contribution in [3.63, 3.8) is 0 Å². The second-order valence-electron chi connectivity index (χ2n) is 9.68. The third kappa shape index (κ3) is 4.93. The zero-order valence-electron chi connectivity index (χ0n) is 20.3. The van der Waals surface area contributed by atoms with Crippen LogP contribution in [0.2, 0.25) is 5.02 Å². The van der Waals surface area contributed by atoms with Gasteiger partial charge in [-0.25, -0.2) is 9.97 Å². The molecule has 7 nitrogen and oxygen atoms in total. The summed E-state index contributed by atoms with van der Waals surface area (Å²) >= 11 is 8.05. The number of halogens is 1. The highest BCUT2D eigenvalue weighted by Crippen LogP contribution is 2.37. The summed E-state index contributed by atoms with van der Waals surface area (Å²) in [4.78, 5) is 22.5. The van der Waals surface area contributed by atoms with Crippen molar-refractivity contribution in [2.75, 3.05) is 13.1 Å². The van der Waals surface area contributed by atoms with E-state index in [1.807, 2.05) is 18.2 Å². The number of fused-ring (bicyclic) bond motifs is 1. The van der Waals surface area contributed by atoms with Crippen molar-refractivity contribution in [3.05, 3.63) is 79.8 Å². The van der Waals surface area contributed by atoms with Crippen molar-refractivity contribution < 1.29 is 4.74 Å². The van der Waals surface area contributed by atoms with Crippen molar-refractivity contribution >= 4 is 33.2 Å². The molecule has 4 heterocycles. The molecule has 1 unspecified atom stereocenters. The Hall–Kier alpha value is -3.09. The zero-order chi connectivity index (χ0) is 25.4. The van der Waals surface area contributed by atoms with Crippen LogP contribution in [0.3, 0.4) is 0 Å². The SMILES string of the molecule is Cc1cc(Cl)cc(-c2ncnc3cc(Cn4c(C#N)cccc4=O)sc23)c1CC1CNCC(C)(C)O1. The molecule has 184 valence electrons. The van der Waals surface area contributed by atoms with Crippen LogP contribution in [0.5, 0.6) is 0 Å². The molecular weight excluding hydrogens is 494 g/mol. The van der Waals surface area contributed by atoms with E-state index in [4.69, 9.17) is 16.3 Å². The Morgan fingerprint density at radius 3 is 2.92 bits per heavy atom. The van der Waals surface area contributed by atoms with Crippen molar-refractivity contribution in [3.8, 4) is 17.3 Å². The molecule has 1 aromatic carbocycles. The quantitative estimate of drug-likeness (QED) is 0.410. The summed E-state index contributed by atoms with van der Waals surface area (Å²) in [6.45, 7) is 8.15. The standard InChI is InChI=1S/C27H26ClN5O2S/c1-16-7-17(28)8-22(21(16)9-19-12-30-14-27(2,3)35-19)25-26-23(31-15-32-25)10-20(36-26)13-33-18(11-29)5-4-6-24(33)34/h4-8,10,15,19,30H,9,12-14H2,1-3H3. The van der Waals surface area contributed by atoms with E-state index in [0.29, 0.717) is 17.3 Å². The molecule has 4 aromatic rings. The lowest BCUT2D eigenvalue weighted by molar-refractivity contribution is -0.0928. The average Bonchev–Trinajstić information content (AvgIpc) is 3.24. The summed E-state index contributed by atoms with van der Waals surface area (Å²) in [5.41, 5.74) is 4.67. The summed E-state index contributed by atoms with van der Waals surface area (Å²) in [5, 5.41) is 13.6. The Kier molecular flexibility index (Phi) is 6.66. The molecule has 0 amide bonds. The van der Waals surface area contributed by atoms with Crippen molar-refractivity contribution in [2.45, 2.75) is 45.4 Å². The highest BCUT2D eigenvalue weighted by molar-refractivity contribution is 7.19. The first-order chi connectivity index (χ1) is 17.2. The van der Waals surface area contributed by atoms with Crippen LogP contribution in [0.4, 0.5) is 0 Å². The minimum absolute atomic E-state index is 0.0259. The molecule has 1 aliphatic heterocycles. The molecule has 1 atom stereocenters. The van der Waals surface area contributed by atoms with Crippen LogP contribution in [-0.4, -0.2) is 39.3 Å². The van der Waals surface area contributed by atoms with Crippen LogP contribution < -0.4 is 10.9 Å². The molecule has 9 heteroatoms. The second-order valence-corrected chi connectivity index (χ2v) is 11.3. The van der Waals surface area contributed by atoms with Gasteiger partial charge in [0.2, 0.25) is 0 Å². The summed E-state index contributed by atoms with van der Waals surface area (Å²) in [5.74, 6) is 0. The lowest BCUT2D eigenvalue weighted by atomic mass is 9.93. The fourth-order valence-electron chi connectivity index (χ4n) is 4.78. The van der Waals surface area contributed by atoms with Crippen LogP contribution in [0.1, 0.15) is 35.5 Å². The first-order valence-electron chi connectivity index (χ1n) is 11.8. The van der Waals surface area contributed by atoms with Crippen LogP contribution in [-0.2, 0) is 17.7 Å². The summed E-state index contributed by atoms with van der Waals surface area (Å²) < 4.78 is 8.75. The molecule has 1 saturated heterocycles. The van der Waals surface area contributed by atoms with Gasteiger partial charge in [0.15, 0.2) is 0 Å². The normalized spacial score (nSPS) is 17.2. The number of nitriles is 1. The largest absolute Gasteiger partial charge is 0.369 e. The van der Waals surface area contributed by atoms with Crippen LogP contribution in [0.15, 0.2) is 47.5 Å². The molecule has 0 radical (unpaired) electrons. The molecule has 0 spiro atoms. The summed E-state index contributed by atoms with van der Waals surface area (Å²) in [6.07, 6.45) is 2.31. The van der Waals surface area contributed by atoms with Gasteiger partial charge in [-0.3, -0.25) is 9.36 Å². The monoisotopic (exact) mass is 519 g/mol. The van der Waals surface area contributed by atoms with Gasteiger partial charge in [-0.1, -0.05) is 17.7 Å². The third-order valence-electron chi connectivity index (χ3n) is 6.37. The number of aryl methyl sites for hydroxylation is 1. The van der Waals surface area contributed by atoms with E-state index in [1.54, 1.807) is 18.5 Å². The highest BCUT2D eigenvalue weighted by atomic mass is 35.5. The second kappa shape index (κ2) is 9.75. The molecule has 36 heavy (non-hydrogen) atoms. The molecule has 1 fully saturated rings. The number of thiophene rings is 1. The number of morpholine rings is 1. The van der Waals surface area contributed by atoms with E-state index >= 15 is 0 Å². The number of nitrogens with zero attached hydrogens (tertiary/aromatic N) is 4. The number of rotatable bonds is 5. The number of pyridine rings is 1. The van der Waals surface area contributed by atoms with E-state index in [2.05, 4.69) is 42.1 Å². The first-order valence-corrected chi connectivity index (χ1v) is 12.9. The molecule has 0 saturated carbocycles. The Morgan fingerprint density at radius 2 is 2.14 bits per heavy atom. The topological polar surface area (TPSA) is 92.8 Å². The van der Waals surface area contributed by atoms with Gasteiger partial charge in [-0.2, -0.15) is 5.26 Å². The third-order valence-corrected chi connectivity index (χ3v) is 7.71. The van der Waals surface area contributed by atoms with Gasteiger partial charge in [-0.05, 0) is 56.2 Å². The lowest BCUT2D eigenvalue weighted by Crippen LogP contribution is -2.51. The molecule has 3 aromatic heterocycles. The van der Waals surface area contributed by atoms with Gasteiger partial charge < -0.3 is 10.1 Å². The van der Waals surface area contributed by atoms with E-state index in [1.165, 1.54) is 22.0 Å². The summed E-state index contributed by atoms with van der Waals surface area (Å²) in [7, 11) is 0. The Morgan fingerprint density at radius 1 is 1.31 bits per heavy atom. The minimum atomic E-state index is -0.230. The number of hydrogen-bond donors (Lipinski definition) is 1. The number of aromatic nitrogens is 3. The van der Waals surface area contributed by atoms with Gasteiger partial charge in [0.05, 0.1) is 34.2 Å². The molecule has 1 aliphatic rings. The van der Waals surface area contributed by atoms with Gasteiger partial charge in [0.1, 0.15) is 18.1 Å². The van der Waals surface area contributed by atoms with Gasteiger partial charge in [0, 0.05) is 41.0 Å². The smallest absolute Gasteiger partial charge is 0.251 e. The van der Waals surface area contributed by atoms with Crippen LogP contribution >= 0.6 is 22.9 Å². The Labute approximate surface area is 218 Å². The maximum absolute atomic E-state index is 12.4. The average molecular weight is 520 g/mol. The summed E-state index contributed by atoms with van der Waals surface area (Å²) in [6, 6.07) is 12.7. The van der Waals surface area contributed by atoms with Gasteiger partial charge in [-0.15, -0.1) is 11.3 Å².